The van der Waals surface area contributed by atoms with Crippen molar-refractivity contribution in [3.8, 4) is 50.2 Å². The SMILES string of the molecule is [2H]c1c([2H])c([2H])c(-c2c3ccccc3c(-c3cccc4oc5cc(-c6c7ccccc7c(-c7ccc(-n8c9ccccc9c9ccccc98)cc7)c7ccccc67)ccc5c34)c3ccccc23)c([2H])c1[2H]. The van der Waals surface area contributed by atoms with E-state index in [4.69, 9.17) is 11.3 Å². The summed E-state index contributed by atoms with van der Waals surface area (Å²) in [6.45, 7) is 0. The lowest BCUT2D eigenvalue weighted by molar-refractivity contribution is 0.669. The third-order valence-corrected chi connectivity index (χ3v) is 13.7. The van der Waals surface area contributed by atoms with Crippen LogP contribution >= 0.6 is 0 Å². The predicted octanol–water partition coefficient (Wildman–Crippen LogP) is 18.0. The Balaban J connectivity index is 0.946. The second-order valence-corrected chi connectivity index (χ2v) is 17.1. The maximum absolute atomic E-state index is 9.02. The maximum Gasteiger partial charge on any atom is 0.136 e. The van der Waals surface area contributed by atoms with Gasteiger partial charge in [0.2, 0.25) is 0 Å². The van der Waals surface area contributed by atoms with E-state index in [9.17, 15) is 0 Å². The number of hydrogen-bond acceptors (Lipinski definition) is 1. The summed E-state index contributed by atoms with van der Waals surface area (Å²) in [6, 6.07) is 70.9. The summed E-state index contributed by atoms with van der Waals surface area (Å²) in [5.41, 5.74) is 12.3. The molecule has 0 fully saturated rings. The number of rotatable bonds is 5. The minimum absolute atomic E-state index is 0.191. The smallest absolute Gasteiger partial charge is 0.136 e. The van der Waals surface area contributed by atoms with Crippen molar-refractivity contribution in [1.29, 1.82) is 0 Å². The fourth-order valence-electron chi connectivity index (χ4n) is 11.0. The maximum atomic E-state index is 9.02. The molecule has 0 aliphatic carbocycles. The molecule has 0 unspecified atom stereocenters. The van der Waals surface area contributed by atoms with Gasteiger partial charge in [0.25, 0.3) is 0 Å². The van der Waals surface area contributed by atoms with Gasteiger partial charge in [-0.15, -0.1) is 0 Å². The van der Waals surface area contributed by atoms with Crippen molar-refractivity contribution in [1.82, 2.24) is 4.57 Å². The van der Waals surface area contributed by atoms with Crippen molar-refractivity contribution in [2.45, 2.75) is 0 Å². The molecule has 0 bridgehead atoms. The lowest BCUT2D eigenvalue weighted by Crippen LogP contribution is -1.94. The summed E-state index contributed by atoms with van der Waals surface area (Å²) >= 11 is 0. The summed E-state index contributed by atoms with van der Waals surface area (Å²) in [6.07, 6.45) is 0. The Bertz CT molecular complexity index is 4390. The van der Waals surface area contributed by atoms with Gasteiger partial charge in [0, 0.05) is 27.2 Å². The first-order valence-corrected chi connectivity index (χ1v) is 22.3. The fourth-order valence-corrected chi connectivity index (χ4v) is 11.0. The highest BCUT2D eigenvalue weighted by Gasteiger charge is 2.22. The summed E-state index contributed by atoms with van der Waals surface area (Å²) in [7, 11) is 0. The number of furan rings is 1. The van der Waals surface area contributed by atoms with Crippen LogP contribution in [0.1, 0.15) is 6.85 Å². The molecule has 2 aromatic heterocycles. The van der Waals surface area contributed by atoms with Crippen LogP contribution in [0.5, 0.6) is 0 Å². The molecule has 0 aliphatic heterocycles. The molecule has 2 nitrogen and oxygen atoms in total. The highest BCUT2D eigenvalue weighted by atomic mass is 16.3. The number of hydrogen-bond donors (Lipinski definition) is 0. The van der Waals surface area contributed by atoms with Gasteiger partial charge in [-0.2, -0.15) is 0 Å². The highest BCUT2D eigenvalue weighted by molar-refractivity contribution is 6.27. The Labute approximate surface area is 387 Å². The van der Waals surface area contributed by atoms with Crippen molar-refractivity contribution in [3.63, 3.8) is 0 Å². The molecule has 12 aromatic carbocycles. The molecule has 2 heteroatoms. The molecule has 0 spiro atoms. The molecule has 306 valence electrons. The lowest BCUT2D eigenvalue weighted by atomic mass is 9.84. The Hall–Kier alpha value is -8.72. The van der Waals surface area contributed by atoms with Gasteiger partial charge in [-0.3, -0.25) is 0 Å². The molecule has 0 radical (unpaired) electrons. The molecule has 14 aromatic rings. The van der Waals surface area contributed by atoms with Crippen LogP contribution < -0.4 is 0 Å². The van der Waals surface area contributed by atoms with Gasteiger partial charge >= 0.3 is 0 Å². The average Bonchev–Trinajstić information content (AvgIpc) is 3.97. The van der Waals surface area contributed by atoms with Crippen LogP contribution in [0.25, 0.3) is 137 Å². The van der Waals surface area contributed by atoms with E-state index in [0.717, 1.165) is 87.8 Å². The molecular formula is C64H39NO. The lowest BCUT2D eigenvalue weighted by Gasteiger charge is -2.18. The Morgan fingerprint density at radius 3 is 1.29 bits per heavy atom. The van der Waals surface area contributed by atoms with Crippen molar-refractivity contribution in [2.24, 2.45) is 0 Å². The topological polar surface area (TPSA) is 18.1 Å². The van der Waals surface area contributed by atoms with Crippen molar-refractivity contribution in [3.05, 3.63) is 236 Å². The van der Waals surface area contributed by atoms with Crippen molar-refractivity contribution < 1.29 is 11.3 Å². The summed E-state index contributed by atoms with van der Waals surface area (Å²) < 4.78 is 52.7. The van der Waals surface area contributed by atoms with E-state index in [1.54, 1.807) is 0 Å². The van der Waals surface area contributed by atoms with Gasteiger partial charge in [0.15, 0.2) is 0 Å². The predicted molar refractivity (Wildman–Crippen MR) is 280 cm³/mol. The van der Waals surface area contributed by atoms with Crippen molar-refractivity contribution in [2.75, 3.05) is 0 Å². The second kappa shape index (κ2) is 14.4. The third kappa shape index (κ3) is 5.36. The molecule has 0 saturated heterocycles. The monoisotopic (exact) mass is 842 g/mol. The van der Waals surface area contributed by atoms with Gasteiger partial charge in [0.05, 0.1) is 17.9 Å². The number of para-hydroxylation sites is 2. The zero-order valence-corrected chi connectivity index (χ0v) is 35.5. The van der Waals surface area contributed by atoms with Crippen LogP contribution in [0.3, 0.4) is 0 Å². The van der Waals surface area contributed by atoms with Gasteiger partial charge in [-0.1, -0.05) is 194 Å². The highest BCUT2D eigenvalue weighted by Crippen LogP contribution is 2.49. The Morgan fingerprint density at radius 2 is 0.758 bits per heavy atom. The van der Waals surface area contributed by atoms with E-state index >= 15 is 0 Å². The molecule has 0 N–H and O–H groups in total. The molecule has 0 amide bonds. The molecular weight excluding hydrogens is 799 g/mol. The first-order chi connectivity index (χ1) is 34.9. The van der Waals surface area contributed by atoms with Crippen molar-refractivity contribution >= 4 is 86.8 Å². The average molecular weight is 843 g/mol. The third-order valence-electron chi connectivity index (χ3n) is 13.7. The zero-order chi connectivity index (χ0) is 47.6. The molecule has 14 rings (SSSR count). The molecule has 2 heterocycles. The largest absolute Gasteiger partial charge is 0.456 e. The number of benzene rings is 12. The van der Waals surface area contributed by atoms with Crippen LogP contribution in [0.2, 0.25) is 0 Å². The van der Waals surface area contributed by atoms with E-state index in [1.165, 1.54) is 38.1 Å². The van der Waals surface area contributed by atoms with Crippen LogP contribution in [0, 0.1) is 0 Å². The summed E-state index contributed by atoms with van der Waals surface area (Å²) in [5.74, 6) is 0. The number of fused-ring (bicyclic) bond motifs is 10. The van der Waals surface area contributed by atoms with Crippen LogP contribution in [-0.2, 0) is 0 Å². The van der Waals surface area contributed by atoms with E-state index in [2.05, 4.69) is 162 Å². The standard InChI is InChI=1S/C64H39NO/c1-2-17-40(18-3-1)60-50-25-8-10-27-52(50)63(53-28-11-9-26-51(53)60)55-29-16-32-58-64(55)54-38-35-42(39-59(54)66-58)62-48-23-6-4-21-46(48)61(47-22-5-7-24-49(47)62)41-33-36-43(37-34-41)65-56-30-14-12-19-44(56)45-20-13-15-31-57(45)65/h1-39H/i1D,2D,3D,17D,18D. The van der Waals surface area contributed by atoms with Crippen LogP contribution in [0.15, 0.2) is 241 Å². The molecule has 66 heavy (non-hydrogen) atoms. The van der Waals surface area contributed by atoms with E-state index in [1.807, 2.05) is 48.5 Å². The van der Waals surface area contributed by atoms with Gasteiger partial charge in [-0.25, -0.2) is 0 Å². The molecule has 0 atom stereocenters. The first kappa shape index (κ1) is 32.0. The summed E-state index contributed by atoms with van der Waals surface area (Å²) in [4.78, 5) is 0. The minimum atomic E-state index is -0.410. The minimum Gasteiger partial charge on any atom is -0.456 e. The fraction of sp³-hybridized carbons (Fsp3) is 0. The van der Waals surface area contributed by atoms with E-state index in [0.29, 0.717) is 5.56 Å². The summed E-state index contributed by atoms with van der Waals surface area (Å²) in [5, 5.41) is 12.5. The normalized spacial score (nSPS) is 13.0. The van der Waals surface area contributed by atoms with Gasteiger partial charge in [-0.05, 0) is 130 Å². The molecule has 0 aliphatic rings. The van der Waals surface area contributed by atoms with E-state index < -0.39 is 6.04 Å². The molecule has 0 saturated carbocycles. The number of aromatic nitrogens is 1. The number of nitrogens with zero attached hydrogens (tertiary/aromatic N) is 1. The Kier molecular flexibility index (Phi) is 6.99. The van der Waals surface area contributed by atoms with Gasteiger partial charge in [0.1, 0.15) is 11.2 Å². The first-order valence-electron chi connectivity index (χ1n) is 24.8. The van der Waals surface area contributed by atoms with Crippen LogP contribution in [-0.4, -0.2) is 4.57 Å². The Morgan fingerprint density at radius 1 is 0.318 bits per heavy atom. The van der Waals surface area contributed by atoms with Gasteiger partial charge < -0.3 is 8.98 Å². The van der Waals surface area contributed by atoms with Crippen LogP contribution in [0.4, 0.5) is 0 Å². The quantitative estimate of drug-likeness (QED) is 0.158. The van der Waals surface area contributed by atoms with E-state index in [-0.39, 0.29) is 29.7 Å². The zero-order valence-electron chi connectivity index (χ0n) is 40.5. The second-order valence-electron chi connectivity index (χ2n) is 17.1.